The Labute approximate surface area is 146 Å². The Morgan fingerprint density at radius 3 is 2.96 bits per heavy atom. The molecule has 0 unspecified atom stereocenters. The van der Waals surface area contributed by atoms with E-state index >= 15 is 0 Å². The summed E-state index contributed by atoms with van der Waals surface area (Å²) in [6, 6.07) is 10.9. The topological polar surface area (TPSA) is 50.4 Å². The van der Waals surface area contributed by atoms with Gasteiger partial charge in [-0.3, -0.25) is 4.79 Å². The number of anilines is 1. The number of nitrogens with one attached hydrogen (secondary N) is 2. The molecular weight excluding hydrogens is 331 g/mol. The van der Waals surface area contributed by atoms with Crippen molar-refractivity contribution in [3.8, 4) is 5.75 Å². The van der Waals surface area contributed by atoms with Crippen molar-refractivity contribution in [2.75, 3.05) is 18.5 Å². The van der Waals surface area contributed by atoms with Gasteiger partial charge in [-0.05, 0) is 54.8 Å². The summed E-state index contributed by atoms with van der Waals surface area (Å²) in [5, 5.41) is 5.78. The van der Waals surface area contributed by atoms with Gasteiger partial charge in [0, 0.05) is 6.54 Å². The molecule has 1 aliphatic rings. The Balaban J connectivity index is 0.00000208. The van der Waals surface area contributed by atoms with Crippen LogP contribution in [0, 0.1) is 12.7 Å². The van der Waals surface area contributed by atoms with Crippen molar-refractivity contribution in [2.45, 2.75) is 19.9 Å². The average molecular weight is 351 g/mol. The number of benzene rings is 2. The Bertz CT molecular complexity index is 737. The predicted octanol–water partition coefficient (Wildman–Crippen LogP) is 3.22. The third kappa shape index (κ3) is 4.24. The van der Waals surface area contributed by atoms with Gasteiger partial charge in [0.05, 0.1) is 5.69 Å². The van der Waals surface area contributed by atoms with Crippen molar-refractivity contribution in [1.29, 1.82) is 0 Å². The molecular formula is C18H20ClFN2O2. The lowest BCUT2D eigenvalue weighted by atomic mass is 9.99. The number of rotatable bonds is 4. The van der Waals surface area contributed by atoms with E-state index < -0.39 is 0 Å². The first-order valence-electron chi connectivity index (χ1n) is 7.64. The van der Waals surface area contributed by atoms with Crippen LogP contribution in [0.25, 0.3) is 0 Å². The van der Waals surface area contributed by atoms with Crippen LogP contribution in [0.1, 0.15) is 16.7 Å². The third-order valence-electron chi connectivity index (χ3n) is 3.84. The molecule has 1 heterocycles. The van der Waals surface area contributed by atoms with E-state index in [1.165, 1.54) is 0 Å². The first kappa shape index (κ1) is 18.2. The van der Waals surface area contributed by atoms with Crippen LogP contribution in [0.3, 0.4) is 0 Å². The van der Waals surface area contributed by atoms with E-state index in [9.17, 15) is 9.18 Å². The van der Waals surface area contributed by atoms with E-state index in [0.717, 1.165) is 17.7 Å². The van der Waals surface area contributed by atoms with Gasteiger partial charge >= 0.3 is 0 Å². The van der Waals surface area contributed by atoms with Gasteiger partial charge in [-0.15, -0.1) is 12.4 Å². The highest BCUT2D eigenvalue weighted by Crippen LogP contribution is 2.24. The second-order valence-electron chi connectivity index (χ2n) is 5.64. The minimum Gasteiger partial charge on any atom is -0.484 e. The van der Waals surface area contributed by atoms with Crippen LogP contribution >= 0.6 is 12.4 Å². The molecule has 128 valence electrons. The molecule has 0 aromatic heterocycles. The van der Waals surface area contributed by atoms with E-state index in [0.29, 0.717) is 24.3 Å². The fourth-order valence-electron chi connectivity index (χ4n) is 2.67. The van der Waals surface area contributed by atoms with Gasteiger partial charge < -0.3 is 15.4 Å². The minimum absolute atomic E-state index is 0. The van der Waals surface area contributed by atoms with Crippen LogP contribution in [0.15, 0.2) is 36.4 Å². The van der Waals surface area contributed by atoms with Crippen molar-refractivity contribution >= 4 is 24.0 Å². The number of hydrogen-bond donors (Lipinski definition) is 2. The lowest BCUT2D eigenvalue weighted by Gasteiger charge is -2.19. The summed E-state index contributed by atoms with van der Waals surface area (Å²) in [5.41, 5.74) is 2.89. The lowest BCUT2D eigenvalue weighted by molar-refractivity contribution is -0.118. The molecule has 4 nitrogen and oxygen atoms in total. The number of fused-ring (bicyclic) bond motifs is 1. The monoisotopic (exact) mass is 350 g/mol. The van der Waals surface area contributed by atoms with Gasteiger partial charge in [0.15, 0.2) is 6.61 Å². The van der Waals surface area contributed by atoms with Crippen LogP contribution in [0.2, 0.25) is 0 Å². The number of hydrogen-bond acceptors (Lipinski definition) is 3. The number of carbonyl (C=O) groups is 1. The summed E-state index contributed by atoms with van der Waals surface area (Å²) in [5.74, 6) is -0.0932. The Morgan fingerprint density at radius 1 is 1.33 bits per heavy atom. The van der Waals surface area contributed by atoms with E-state index in [-0.39, 0.29) is 36.4 Å². The molecule has 2 N–H and O–H groups in total. The van der Waals surface area contributed by atoms with Crippen LogP contribution in [-0.2, 0) is 17.8 Å². The molecule has 0 atom stereocenters. The quantitative estimate of drug-likeness (QED) is 0.890. The molecule has 0 saturated heterocycles. The molecule has 2 aromatic rings. The summed E-state index contributed by atoms with van der Waals surface area (Å²) in [6.07, 6.45) is 0.630. The van der Waals surface area contributed by atoms with Gasteiger partial charge in [0.25, 0.3) is 5.91 Å². The van der Waals surface area contributed by atoms with Gasteiger partial charge in [0.2, 0.25) is 0 Å². The summed E-state index contributed by atoms with van der Waals surface area (Å²) in [4.78, 5) is 12.0. The Kier molecular flexibility index (Phi) is 6.17. The first-order valence-corrected chi connectivity index (χ1v) is 7.64. The SMILES string of the molecule is Cc1cccc(OCC(=O)Nc2ccc3c(c2F)CCNC3)c1.Cl. The molecule has 0 aliphatic carbocycles. The van der Waals surface area contributed by atoms with Crippen LogP contribution in [0.5, 0.6) is 5.75 Å². The van der Waals surface area contributed by atoms with E-state index in [1.807, 2.05) is 31.2 Å². The van der Waals surface area contributed by atoms with Gasteiger partial charge in [-0.1, -0.05) is 18.2 Å². The van der Waals surface area contributed by atoms with Crippen LogP contribution in [0.4, 0.5) is 10.1 Å². The largest absolute Gasteiger partial charge is 0.484 e. The minimum atomic E-state index is -0.376. The van der Waals surface area contributed by atoms with E-state index in [4.69, 9.17) is 4.74 Å². The highest BCUT2D eigenvalue weighted by molar-refractivity contribution is 5.92. The maximum Gasteiger partial charge on any atom is 0.262 e. The Morgan fingerprint density at radius 2 is 2.17 bits per heavy atom. The normalized spacial score (nSPS) is 12.8. The fourth-order valence-corrected chi connectivity index (χ4v) is 2.67. The van der Waals surface area contributed by atoms with E-state index in [1.54, 1.807) is 12.1 Å². The average Bonchev–Trinajstić information content (AvgIpc) is 2.56. The maximum atomic E-state index is 14.4. The molecule has 24 heavy (non-hydrogen) atoms. The van der Waals surface area contributed by atoms with Crippen molar-refractivity contribution < 1.29 is 13.9 Å². The van der Waals surface area contributed by atoms with Crippen molar-refractivity contribution in [3.63, 3.8) is 0 Å². The Hall–Kier alpha value is -2.11. The summed E-state index contributed by atoms with van der Waals surface area (Å²) in [6.45, 7) is 3.21. The van der Waals surface area contributed by atoms with Gasteiger partial charge in [-0.2, -0.15) is 0 Å². The molecule has 1 aliphatic heterocycles. The van der Waals surface area contributed by atoms with Crippen molar-refractivity contribution in [3.05, 3.63) is 58.9 Å². The number of aryl methyl sites for hydroxylation is 1. The number of amides is 1. The van der Waals surface area contributed by atoms with E-state index in [2.05, 4.69) is 10.6 Å². The van der Waals surface area contributed by atoms with Gasteiger partial charge in [-0.25, -0.2) is 4.39 Å². The lowest BCUT2D eigenvalue weighted by Crippen LogP contribution is -2.26. The standard InChI is InChI=1S/C18H19FN2O2.ClH/c1-12-3-2-4-14(9-12)23-11-17(22)21-16-6-5-13-10-20-8-7-15(13)18(16)19;/h2-6,9,20H,7-8,10-11H2,1H3,(H,21,22);1H. The molecule has 0 saturated carbocycles. The predicted molar refractivity (Wildman–Crippen MR) is 94.4 cm³/mol. The smallest absolute Gasteiger partial charge is 0.262 e. The van der Waals surface area contributed by atoms with Crippen molar-refractivity contribution in [2.24, 2.45) is 0 Å². The van der Waals surface area contributed by atoms with Crippen LogP contribution in [-0.4, -0.2) is 19.1 Å². The third-order valence-corrected chi connectivity index (χ3v) is 3.84. The fraction of sp³-hybridized carbons (Fsp3) is 0.278. The molecule has 0 radical (unpaired) electrons. The molecule has 0 bridgehead atoms. The second kappa shape index (κ2) is 8.13. The maximum absolute atomic E-state index is 14.4. The highest BCUT2D eigenvalue weighted by Gasteiger charge is 2.17. The summed E-state index contributed by atoms with van der Waals surface area (Å²) < 4.78 is 19.9. The number of ether oxygens (including phenoxy) is 1. The molecule has 2 aromatic carbocycles. The van der Waals surface area contributed by atoms with Crippen molar-refractivity contribution in [1.82, 2.24) is 5.32 Å². The molecule has 0 spiro atoms. The number of halogens is 2. The first-order chi connectivity index (χ1) is 11.1. The zero-order chi connectivity index (χ0) is 16.2. The zero-order valence-electron chi connectivity index (χ0n) is 13.4. The second-order valence-corrected chi connectivity index (χ2v) is 5.64. The molecule has 3 rings (SSSR count). The summed E-state index contributed by atoms with van der Waals surface area (Å²) in [7, 11) is 0. The zero-order valence-corrected chi connectivity index (χ0v) is 14.2. The highest BCUT2D eigenvalue weighted by atomic mass is 35.5. The molecule has 1 amide bonds. The molecule has 6 heteroatoms. The van der Waals surface area contributed by atoms with Crippen LogP contribution < -0.4 is 15.4 Å². The summed E-state index contributed by atoms with van der Waals surface area (Å²) >= 11 is 0. The van der Waals surface area contributed by atoms with Gasteiger partial charge in [0.1, 0.15) is 11.6 Å². The number of carbonyl (C=O) groups excluding carboxylic acids is 1. The molecule has 0 fully saturated rings.